The molecule has 0 saturated carbocycles. The van der Waals surface area contributed by atoms with Gasteiger partial charge in [-0.1, -0.05) is 12.1 Å². The Morgan fingerprint density at radius 1 is 1.57 bits per heavy atom. The number of methoxy groups -OCH3 is 1. The molecule has 0 fully saturated rings. The van der Waals surface area contributed by atoms with E-state index in [4.69, 9.17) is 15.0 Å². The summed E-state index contributed by atoms with van der Waals surface area (Å²) in [6, 6.07) is 0. The normalized spacial score (nSPS) is 15.4. The van der Waals surface area contributed by atoms with E-state index < -0.39 is 0 Å². The molecule has 1 heterocycles. The maximum absolute atomic E-state index is 5.57. The molecule has 0 aliphatic carbocycles. The highest BCUT2D eigenvalue weighted by atomic mass is 16.5. The van der Waals surface area contributed by atoms with Gasteiger partial charge in [0.15, 0.2) is 5.82 Å². The molecule has 5 nitrogen and oxygen atoms in total. The molecule has 2 unspecified atom stereocenters. The molecule has 5 heteroatoms. The summed E-state index contributed by atoms with van der Waals surface area (Å²) in [5.41, 5.74) is 5.57. The van der Waals surface area contributed by atoms with Gasteiger partial charge in [-0.3, -0.25) is 0 Å². The van der Waals surface area contributed by atoms with Crippen LogP contribution in [0.15, 0.2) is 4.52 Å². The number of rotatable bonds is 5. The number of ether oxygens (including phenoxy) is 1. The molecule has 0 spiro atoms. The molecule has 0 aromatic carbocycles. The molecular formula is C9H17N3O2. The monoisotopic (exact) mass is 199 g/mol. The molecule has 1 aromatic heterocycles. The van der Waals surface area contributed by atoms with Gasteiger partial charge in [0.25, 0.3) is 0 Å². The predicted octanol–water partition coefficient (Wildman–Crippen LogP) is 1.23. The summed E-state index contributed by atoms with van der Waals surface area (Å²) in [6.45, 7) is 4.44. The SMILES string of the molecule is CCC(CN)c1nc(C(C)OC)no1. The average Bonchev–Trinajstić information content (AvgIpc) is 2.68. The van der Waals surface area contributed by atoms with E-state index in [1.165, 1.54) is 0 Å². The second-order valence-electron chi connectivity index (χ2n) is 3.21. The Morgan fingerprint density at radius 3 is 2.79 bits per heavy atom. The van der Waals surface area contributed by atoms with Gasteiger partial charge in [0.05, 0.1) is 5.92 Å². The lowest BCUT2D eigenvalue weighted by Crippen LogP contribution is -2.12. The first kappa shape index (κ1) is 11.1. The van der Waals surface area contributed by atoms with Gasteiger partial charge in [-0.25, -0.2) is 0 Å². The summed E-state index contributed by atoms with van der Waals surface area (Å²) in [7, 11) is 1.61. The summed E-state index contributed by atoms with van der Waals surface area (Å²) in [5.74, 6) is 1.34. The van der Waals surface area contributed by atoms with E-state index in [1.807, 2.05) is 13.8 Å². The van der Waals surface area contributed by atoms with E-state index in [1.54, 1.807) is 7.11 Å². The van der Waals surface area contributed by atoms with E-state index >= 15 is 0 Å². The minimum atomic E-state index is -0.136. The summed E-state index contributed by atoms with van der Waals surface area (Å²) < 4.78 is 10.2. The van der Waals surface area contributed by atoms with Gasteiger partial charge < -0.3 is 15.0 Å². The lowest BCUT2D eigenvalue weighted by Gasteiger charge is -2.05. The van der Waals surface area contributed by atoms with Crippen molar-refractivity contribution in [1.82, 2.24) is 10.1 Å². The van der Waals surface area contributed by atoms with Gasteiger partial charge in [-0.05, 0) is 13.3 Å². The minimum Gasteiger partial charge on any atom is -0.374 e. The van der Waals surface area contributed by atoms with Gasteiger partial charge in [-0.2, -0.15) is 4.98 Å². The molecular weight excluding hydrogens is 182 g/mol. The topological polar surface area (TPSA) is 74.2 Å². The van der Waals surface area contributed by atoms with Crippen molar-refractivity contribution in [2.45, 2.75) is 32.3 Å². The molecule has 1 rings (SSSR count). The molecule has 1 aromatic rings. The first-order valence-electron chi connectivity index (χ1n) is 4.79. The predicted molar refractivity (Wildman–Crippen MR) is 51.8 cm³/mol. The van der Waals surface area contributed by atoms with Crippen LogP contribution < -0.4 is 5.73 Å². The van der Waals surface area contributed by atoms with E-state index in [-0.39, 0.29) is 12.0 Å². The van der Waals surface area contributed by atoms with E-state index in [0.29, 0.717) is 18.3 Å². The van der Waals surface area contributed by atoms with Gasteiger partial charge in [0.1, 0.15) is 6.10 Å². The Bertz CT molecular complexity index is 271. The second kappa shape index (κ2) is 5.07. The molecule has 2 atom stereocenters. The van der Waals surface area contributed by atoms with Crippen LogP contribution >= 0.6 is 0 Å². The minimum absolute atomic E-state index is 0.136. The Kier molecular flexibility index (Phi) is 4.03. The molecule has 14 heavy (non-hydrogen) atoms. The lowest BCUT2D eigenvalue weighted by molar-refractivity contribution is 0.109. The van der Waals surface area contributed by atoms with Crippen LogP contribution in [0.5, 0.6) is 0 Å². The van der Waals surface area contributed by atoms with Crippen LogP contribution in [-0.2, 0) is 4.74 Å². The molecule has 80 valence electrons. The zero-order valence-electron chi connectivity index (χ0n) is 8.86. The van der Waals surface area contributed by atoms with Crippen LogP contribution in [0.25, 0.3) is 0 Å². The number of hydrogen-bond acceptors (Lipinski definition) is 5. The third-order valence-corrected chi connectivity index (χ3v) is 2.30. The van der Waals surface area contributed by atoms with Gasteiger partial charge in [0, 0.05) is 13.7 Å². The van der Waals surface area contributed by atoms with Gasteiger partial charge in [-0.15, -0.1) is 0 Å². The van der Waals surface area contributed by atoms with Crippen molar-refractivity contribution >= 4 is 0 Å². The zero-order chi connectivity index (χ0) is 10.6. The molecule has 0 amide bonds. The van der Waals surface area contributed by atoms with E-state index in [0.717, 1.165) is 6.42 Å². The molecule has 2 N–H and O–H groups in total. The van der Waals surface area contributed by atoms with Gasteiger partial charge in [0.2, 0.25) is 5.89 Å². The average molecular weight is 199 g/mol. The van der Waals surface area contributed by atoms with Crippen molar-refractivity contribution in [2.75, 3.05) is 13.7 Å². The molecule has 0 aliphatic heterocycles. The standard InChI is InChI=1S/C9H17N3O2/c1-4-7(5-10)9-11-8(12-14-9)6(2)13-3/h6-7H,4-5,10H2,1-3H3. The maximum Gasteiger partial charge on any atom is 0.231 e. The van der Waals surface area contributed by atoms with Crippen molar-refractivity contribution in [3.8, 4) is 0 Å². The summed E-state index contributed by atoms with van der Waals surface area (Å²) in [6.07, 6.45) is 0.766. The highest BCUT2D eigenvalue weighted by Crippen LogP contribution is 2.19. The molecule has 0 bridgehead atoms. The van der Waals surface area contributed by atoms with Crippen molar-refractivity contribution in [3.63, 3.8) is 0 Å². The van der Waals surface area contributed by atoms with Crippen molar-refractivity contribution < 1.29 is 9.26 Å². The third-order valence-electron chi connectivity index (χ3n) is 2.30. The summed E-state index contributed by atoms with van der Waals surface area (Å²) in [4.78, 5) is 4.24. The first-order valence-corrected chi connectivity index (χ1v) is 4.79. The Balaban J connectivity index is 2.76. The van der Waals surface area contributed by atoms with Crippen LogP contribution in [0.4, 0.5) is 0 Å². The fourth-order valence-corrected chi connectivity index (χ4v) is 1.13. The van der Waals surface area contributed by atoms with Crippen molar-refractivity contribution in [3.05, 3.63) is 11.7 Å². The molecule has 0 radical (unpaired) electrons. The summed E-state index contributed by atoms with van der Waals surface area (Å²) >= 11 is 0. The van der Waals surface area contributed by atoms with Crippen LogP contribution in [0.3, 0.4) is 0 Å². The largest absolute Gasteiger partial charge is 0.374 e. The Morgan fingerprint density at radius 2 is 2.29 bits per heavy atom. The Labute approximate surface area is 83.6 Å². The number of hydrogen-bond donors (Lipinski definition) is 1. The fraction of sp³-hybridized carbons (Fsp3) is 0.778. The van der Waals surface area contributed by atoms with Crippen LogP contribution in [0.1, 0.15) is 44.0 Å². The smallest absolute Gasteiger partial charge is 0.231 e. The second-order valence-corrected chi connectivity index (χ2v) is 3.21. The van der Waals surface area contributed by atoms with Crippen molar-refractivity contribution in [2.24, 2.45) is 5.73 Å². The van der Waals surface area contributed by atoms with Crippen LogP contribution in [0, 0.1) is 0 Å². The highest BCUT2D eigenvalue weighted by Gasteiger charge is 2.18. The van der Waals surface area contributed by atoms with Crippen molar-refractivity contribution in [1.29, 1.82) is 0 Å². The number of aromatic nitrogens is 2. The zero-order valence-corrected chi connectivity index (χ0v) is 8.86. The van der Waals surface area contributed by atoms with Crippen LogP contribution in [0.2, 0.25) is 0 Å². The third kappa shape index (κ3) is 2.30. The quantitative estimate of drug-likeness (QED) is 0.772. The van der Waals surface area contributed by atoms with Crippen LogP contribution in [-0.4, -0.2) is 23.8 Å². The highest BCUT2D eigenvalue weighted by molar-refractivity contribution is 4.96. The first-order chi connectivity index (χ1) is 6.72. The Hall–Kier alpha value is -0.940. The molecule has 0 saturated heterocycles. The lowest BCUT2D eigenvalue weighted by atomic mass is 10.1. The number of nitrogens with zero attached hydrogens (tertiary/aromatic N) is 2. The van der Waals surface area contributed by atoms with E-state index in [2.05, 4.69) is 10.1 Å². The fourth-order valence-electron chi connectivity index (χ4n) is 1.13. The number of nitrogens with two attached hydrogens (primary N) is 1. The molecule has 0 aliphatic rings. The maximum atomic E-state index is 5.57. The summed E-state index contributed by atoms with van der Waals surface area (Å²) in [5, 5.41) is 3.84. The van der Waals surface area contributed by atoms with E-state index in [9.17, 15) is 0 Å². The van der Waals surface area contributed by atoms with Gasteiger partial charge >= 0.3 is 0 Å².